The number of benzene rings is 1. The predicted molar refractivity (Wildman–Crippen MR) is 98.7 cm³/mol. The van der Waals surface area contributed by atoms with Gasteiger partial charge in [-0.1, -0.05) is 18.2 Å². The average molecular weight is 316 g/mol. The number of nitrogens with one attached hydrogen (secondary N) is 2. The Morgan fingerprint density at radius 1 is 1.27 bits per heavy atom. The summed E-state index contributed by atoms with van der Waals surface area (Å²) in [6, 6.07) is 8.58. The zero-order valence-electron chi connectivity index (χ0n) is 13.1. The topological polar surface area (TPSA) is 39.7 Å². The van der Waals surface area contributed by atoms with Crippen molar-refractivity contribution in [2.45, 2.75) is 26.2 Å². The Balaban J connectivity index is 1.93. The first kappa shape index (κ1) is 16.5. The molecule has 1 aromatic carbocycles. The van der Waals surface area contributed by atoms with Crippen molar-refractivity contribution in [3.8, 4) is 0 Å². The van der Waals surface area contributed by atoms with Crippen molar-refractivity contribution in [1.82, 2.24) is 10.7 Å². The average Bonchev–Trinajstić information content (AvgIpc) is 2.58. The predicted octanol–water partition coefficient (Wildman–Crippen LogP) is 3.05. The monoisotopic (exact) mass is 316 g/mol. The fraction of sp³-hybridized carbons (Fsp3) is 0.412. The second-order valence-electron chi connectivity index (χ2n) is 5.40. The van der Waals surface area contributed by atoms with E-state index in [4.69, 9.17) is 12.2 Å². The molecule has 0 atom stereocenters. The molecule has 22 heavy (non-hydrogen) atoms. The number of hydrazone groups is 1. The molecule has 118 valence electrons. The molecule has 0 unspecified atom stereocenters. The smallest absolute Gasteiger partial charge is 0.187 e. The van der Waals surface area contributed by atoms with Crippen LogP contribution in [0.2, 0.25) is 0 Å². The summed E-state index contributed by atoms with van der Waals surface area (Å²) in [6.07, 6.45) is 5.69. The molecule has 1 fully saturated rings. The Bertz CT molecular complexity index is 530. The van der Waals surface area contributed by atoms with Crippen LogP contribution in [0.3, 0.4) is 0 Å². The molecule has 1 heterocycles. The molecule has 5 heteroatoms. The third kappa shape index (κ3) is 4.84. The van der Waals surface area contributed by atoms with Gasteiger partial charge in [0, 0.05) is 25.3 Å². The molecule has 1 aliphatic rings. The van der Waals surface area contributed by atoms with Crippen LogP contribution in [0.1, 0.15) is 31.7 Å². The van der Waals surface area contributed by atoms with Crippen molar-refractivity contribution in [3.63, 3.8) is 0 Å². The van der Waals surface area contributed by atoms with Crippen LogP contribution in [0.5, 0.6) is 0 Å². The number of rotatable bonds is 5. The van der Waals surface area contributed by atoms with Gasteiger partial charge < -0.3 is 10.2 Å². The zero-order valence-corrected chi connectivity index (χ0v) is 14.0. The largest absolute Gasteiger partial charge is 0.372 e. The summed E-state index contributed by atoms with van der Waals surface area (Å²) in [5.41, 5.74) is 6.15. The summed E-state index contributed by atoms with van der Waals surface area (Å²) in [5.74, 6) is 0. The lowest BCUT2D eigenvalue weighted by molar-refractivity contribution is 0.578. The molecule has 0 bridgehead atoms. The van der Waals surface area contributed by atoms with Crippen LogP contribution in [0.25, 0.3) is 0 Å². The second kappa shape index (κ2) is 8.54. The van der Waals surface area contributed by atoms with E-state index in [1.54, 1.807) is 6.08 Å². The highest BCUT2D eigenvalue weighted by atomic mass is 32.1. The molecule has 2 N–H and O–H groups in total. The van der Waals surface area contributed by atoms with Crippen molar-refractivity contribution in [1.29, 1.82) is 0 Å². The highest BCUT2D eigenvalue weighted by Gasteiger charge is 2.10. The van der Waals surface area contributed by atoms with E-state index < -0.39 is 0 Å². The van der Waals surface area contributed by atoms with E-state index in [1.807, 2.05) is 6.92 Å². The van der Waals surface area contributed by atoms with E-state index in [0.29, 0.717) is 11.7 Å². The molecule has 2 rings (SSSR count). The van der Waals surface area contributed by atoms with Gasteiger partial charge in [-0.25, -0.2) is 0 Å². The molecule has 0 aromatic heterocycles. The third-order valence-corrected chi connectivity index (χ3v) is 3.97. The van der Waals surface area contributed by atoms with Crippen LogP contribution in [0, 0.1) is 0 Å². The number of hydrogen-bond donors (Lipinski definition) is 2. The van der Waals surface area contributed by atoms with E-state index >= 15 is 0 Å². The molecule has 0 saturated carbocycles. The van der Waals surface area contributed by atoms with Crippen molar-refractivity contribution < 1.29 is 0 Å². The van der Waals surface area contributed by atoms with Gasteiger partial charge in [-0.3, -0.25) is 5.43 Å². The highest BCUT2D eigenvalue weighted by molar-refractivity contribution is 7.80. The zero-order chi connectivity index (χ0) is 15.8. The van der Waals surface area contributed by atoms with Gasteiger partial charge in [0.25, 0.3) is 0 Å². The van der Waals surface area contributed by atoms with E-state index in [1.165, 1.54) is 24.9 Å². The fourth-order valence-corrected chi connectivity index (χ4v) is 2.60. The molecule has 1 aliphatic heterocycles. The van der Waals surface area contributed by atoms with Crippen molar-refractivity contribution >= 4 is 28.7 Å². The van der Waals surface area contributed by atoms with Gasteiger partial charge in [-0.2, -0.15) is 5.10 Å². The Kier molecular flexibility index (Phi) is 6.40. The second-order valence-corrected chi connectivity index (χ2v) is 5.81. The van der Waals surface area contributed by atoms with Gasteiger partial charge in [0.1, 0.15) is 0 Å². The molecule has 1 saturated heterocycles. The maximum atomic E-state index is 5.11. The number of nitrogens with zero attached hydrogens (tertiary/aromatic N) is 2. The van der Waals surface area contributed by atoms with Gasteiger partial charge >= 0.3 is 0 Å². The van der Waals surface area contributed by atoms with Crippen LogP contribution in [0.4, 0.5) is 5.69 Å². The first-order valence-corrected chi connectivity index (χ1v) is 8.16. The number of piperidine rings is 1. The molecule has 0 aliphatic carbocycles. The minimum atomic E-state index is 0.504. The third-order valence-electron chi connectivity index (χ3n) is 3.74. The van der Waals surface area contributed by atoms with E-state index in [0.717, 1.165) is 24.4 Å². The molecule has 0 spiro atoms. The van der Waals surface area contributed by atoms with Crippen LogP contribution < -0.4 is 15.6 Å². The summed E-state index contributed by atoms with van der Waals surface area (Å²) in [7, 11) is 0. The SMILES string of the molecule is C=CCNC(=S)N/N=C(/C)c1ccc(N2CCCCC2)cc1. The normalized spacial score (nSPS) is 15.3. The van der Waals surface area contributed by atoms with Gasteiger partial charge in [0.2, 0.25) is 0 Å². The van der Waals surface area contributed by atoms with Gasteiger partial charge in [0.15, 0.2) is 5.11 Å². The summed E-state index contributed by atoms with van der Waals surface area (Å²) in [4.78, 5) is 2.45. The highest BCUT2D eigenvalue weighted by Crippen LogP contribution is 2.20. The Labute approximate surface area is 138 Å². The lowest BCUT2D eigenvalue weighted by Crippen LogP contribution is -2.32. The summed E-state index contributed by atoms with van der Waals surface area (Å²) in [5, 5.41) is 7.79. The first-order chi connectivity index (χ1) is 10.7. The van der Waals surface area contributed by atoms with Crippen molar-refractivity contribution in [3.05, 3.63) is 42.5 Å². The van der Waals surface area contributed by atoms with Crippen LogP contribution in [0.15, 0.2) is 42.0 Å². The van der Waals surface area contributed by atoms with Gasteiger partial charge in [-0.05, 0) is 56.1 Å². The number of anilines is 1. The first-order valence-electron chi connectivity index (χ1n) is 7.75. The Morgan fingerprint density at radius 3 is 2.59 bits per heavy atom. The molecular weight excluding hydrogens is 292 g/mol. The molecular formula is C17H24N4S. The van der Waals surface area contributed by atoms with E-state index in [9.17, 15) is 0 Å². The molecule has 0 amide bonds. The minimum Gasteiger partial charge on any atom is -0.372 e. The van der Waals surface area contributed by atoms with E-state index in [2.05, 4.69) is 51.6 Å². The maximum absolute atomic E-state index is 5.11. The summed E-state index contributed by atoms with van der Waals surface area (Å²) in [6.45, 7) is 8.56. The molecule has 1 aromatic rings. The number of thiocarbonyl (C=S) groups is 1. The Hall–Kier alpha value is -1.88. The molecule has 4 nitrogen and oxygen atoms in total. The lowest BCUT2D eigenvalue weighted by Gasteiger charge is -2.28. The van der Waals surface area contributed by atoms with Crippen LogP contribution in [-0.4, -0.2) is 30.5 Å². The van der Waals surface area contributed by atoms with Crippen molar-refractivity contribution in [2.24, 2.45) is 5.10 Å². The Morgan fingerprint density at radius 2 is 1.95 bits per heavy atom. The standard InChI is InChI=1S/C17H24N4S/c1-3-11-18-17(22)20-19-14(2)15-7-9-16(10-8-15)21-12-5-4-6-13-21/h3,7-10H,1,4-6,11-13H2,2H3,(H2,18,20,22)/b19-14-. The van der Waals surface area contributed by atoms with Crippen LogP contribution >= 0.6 is 12.2 Å². The van der Waals surface area contributed by atoms with Gasteiger partial charge in [-0.15, -0.1) is 6.58 Å². The maximum Gasteiger partial charge on any atom is 0.187 e. The summed E-state index contributed by atoms with van der Waals surface area (Å²) < 4.78 is 0. The van der Waals surface area contributed by atoms with Gasteiger partial charge in [0.05, 0.1) is 5.71 Å². The fourth-order valence-electron chi connectivity index (χ4n) is 2.47. The van der Waals surface area contributed by atoms with Crippen LogP contribution in [-0.2, 0) is 0 Å². The van der Waals surface area contributed by atoms with E-state index in [-0.39, 0.29) is 0 Å². The minimum absolute atomic E-state index is 0.504. The molecule has 0 radical (unpaired) electrons. The lowest BCUT2D eigenvalue weighted by atomic mass is 10.1. The summed E-state index contributed by atoms with van der Waals surface area (Å²) >= 11 is 5.11. The number of hydrogen-bond acceptors (Lipinski definition) is 3. The quantitative estimate of drug-likeness (QED) is 0.379. The van der Waals surface area contributed by atoms with Crippen molar-refractivity contribution in [2.75, 3.05) is 24.5 Å².